The van der Waals surface area contributed by atoms with Crippen molar-refractivity contribution in [3.05, 3.63) is 117 Å². The zero-order valence-corrected chi connectivity index (χ0v) is 16.3. The highest BCUT2D eigenvalue weighted by Gasteiger charge is 2.17. The first-order chi connectivity index (χ1) is 15.1. The van der Waals surface area contributed by atoms with Crippen molar-refractivity contribution in [2.45, 2.75) is 6.54 Å². The monoisotopic (exact) mass is 414 g/mol. The van der Waals surface area contributed by atoms with Gasteiger partial charge in [-0.05, 0) is 36.4 Å². The molecule has 0 aliphatic rings. The number of nitrogens with zero attached hydrogens (tertiary/aromatic N) is 2. The van der Waals surface area contributed by atoms with E-state index in [2.05, 4.69) is 15.3 Å². The third kappa shape index (κ3) is 4.59. The number of H-pyrrole nitrogens is 1. The molecular weight excluding hydrogens is 396 g/mol. The Kier molecular flexibility index (Phi) is 5.70. The van der Waals surface area contributed by atoms with Crippen LogP contribution >= 0.6 is 0 Å². The highest BCUT2D eigenvalue weighted by Crippen LogP contribution is 2.29. The molecule has 0 unspecified atom stereocenters. The number of carbonyl (C=O) groups excluding carboxylic acids is 1. The molecule has 0 aliphatic heterocycles. The van der Waals surface area contributed by atoms with Gasteiger partial charge in [0.05, 0.1) is 17.9 Å². The van der Waals surface area contributed by atoms with Gasteiger partial charge in [0.15, 0.2) is 5.75 Å². The molecule has 0 aliphatic carbocycles. The van der Waals surface area contributed by atoms with Gasteiger partial charge in [0, 0.05) is 12.4 Å². The Balaban J connectivity index is 1.61. The van der Waals surface area contributed by atoms with Crippen molar-refractivity contribution in [2.75, 3.05) is 5.32 Å². The summed E-state index contributed by atoms with van der Waals surface area (Å²) in [5.74, 6) is 0.353. The van der Waals surface area contributed by atoms with Crippen molar-refractivity contribution in [3.8, 4) is 11.5 Å². The van der Waals surface area contributed by atoms with Crippen LogP contribution in [-0.2, 0) is 6.54 Å². The van der Waals surface area contributed by atoms with Crippen LogP contribution in [0, 0.1) is 0 Å². The van der Waals surface area contributed by atoms with Gasteiger partial charge in [0.2, 0.25) is 0 Å². The van der Waals surface area contributed by atoms with Crippen LogP contribution in [0.15, 0.2) is 94.8 Å². The van der Waals surface area contributed by atoms with Crippen LogP contribution in [0.4, 0.5) is 5.69 Å². The van der Waals surface area contributed by atoms with Crippen LogP contribution in [0.3, 0.4) is 0 Å². The number of aromatic nitrogens is 3. The van der Waals surface area contributed by atoms with Gasteiger partial charge >= 0.3 is 5.69 Å². The zero-order chi connectivity index (χ0) is 21.6. The first-order valence-electron chi connectivity index (χ1n) is 9.47. The standard InChI is InChI=1S/C23H18N4O4/c28-21(26-19-11-4-5-12-20(19)31-17-9-2-1-3-10-17)18-14-25-23(30)27(22(18)29)15-16-8-6-7-13-24-16/h1-14H,15H2,(H,25,30)(H,26,28). The number of hydrogen-bond acceptors (Lipinski definition) is 5. The van der Waals surface area contributed by atoms with Crippen molar-refractivity contribution in [2.24, 2.45) is 0 Å². The van der Waals surface area contributed by atoms with Gasteiger partial charge in [-0.15, -0.1) is 0 Å². The molecule has 4 aromatic rings. The van der Waals surface area contributed by atoms with Crippen molar-refractivity contribution in [1.29, 1.82) is 0 Å². The third-order valence-corrected chi connectivity index (χ3v) is 4.46. The maximum Gasteiger partial charge on any atom is 0.328 e. The van der Waals surface area contributed by atoms with Crippen LogP contribution in [0.2, 0.25) is 0 Å². The summed E-state index contributed by atoms with van der Waals surface area (Å²) in [5, 5.41) is 2.68. The number of amides is 1. The van der Waals surface area contributed by atoms with Crippen LogP contribution < -0.4 is 21.3 Å². The van der Waals surface area contributed by atoms with E-state index >= 15 is 0 Å². The molecule has 8 heteroatoms. The van der Waals surface area contributed by atoms with E-state index in [0.29, 0.717) is 22.9 Å². The maximum atomic E-state index is 12.8. The van der Waals surface area contributed by atoms with Crippen LogP contribution in [-0.4, -0.2) is 20.4 Å². The predicted octanol–water partition coefficient (Wildman–Crippen LogP) is 3.02. The maximum absolute atomic E-state index is 12.8. The summed E-state index contributed by atoms with van der Waals surface area (Å²) in [6, 6.07) is 21.2. The summed E-state index contributed by atoms with van der Waals surface area (Å²) in [6.07, 6.45) is 2.67. The highest BCUT2D eigenvalue weighted by atomic mass is 16.5. The van der Waals surface area contributed by atoms with Crippen LogP contribution in [0.25, 0.3) is 0 Å². The van der Waals surface area contributed by atoms with Crippen LogP contribution in [0.5, 0.6) is 11.5 Å². The second-order valence-electron chi connectivity index (χ2n) is 6.59. The average molecular weight is 414 g/mol. The number of hydrogen-bond donors (Lipinski definition) is 2. The summed E-state index contributed by atoms with van der Waals surface area (Å²) in [5.41, 5.74) is -0.633. The van der Waals surface area contributed by atoms with E-state index in [4.69, 9.17) is 4.74 Å². The van der Waals surface area contributed by atoms with Gasteiger partial charge in [0.1, 0.15) is 11.3 Å². The number of carbonyl (C=O) groups is 1. The van der Waals surface area contributed by atoms with Crippen LogP contribution in [0.1, 0.15) is 16.1 Å². The zero-order valence-electron chi connectivity index (χ0n) is 16.3. The molecule has 4 rings (SSSR count). The molecule has 0 radical (unpaired) electrons. The van der Waals surface area contributed by atoms with Crippen molar-refractivity contribution in [3.63, 3.8) is 0 Å². The molecule has 31 heavy (non-hydrogen) atoms. The molecule has 0 saturated carbocycles. The van der Waals surface area contributed by atoms with Crippen molar-refractivity contribution in [1.82, 2.24) is 14.5 Å². The molecule has 2 aromatic carbocycles. The van der Waals surface area contributed by atoms with Gasteiger partial charge in [-0.3, -0.25) is 19.1 Å². The Morgan fingerprint density at radius 1 is 0.968 bits per heavy atom. The van der Waals surface area contributed by atoms with E-state index in [1.165, 1.54) is 0 Å². The topological polar surface area (TPSA) is 106 Å². The first kappa shape index (κ1) is 19.8. The number of aromatic amines is 1. The molecule has 2 heterocycles. The number of rotatable bonds is 6. The molecule has 2 N–H and O–H groups in total. The number of para-hydroxylation sites is 3. The average Bonchev–Trinajstić information content (AvgIpc) is 2.79. The lowest BCUT2D eigenvalue weighted by atomic mass is 10.2. The second kappa shape index (κ2) is 8.91. The van der Waals surface area contributed by atoms with Crippen molar-refractivity contribution < 1.29 is 9.53 Å². The molecule has 0 spiro atoms. The minimum Gasteiger partial charge on any atom is -0.455 e. The fraction of sp³-hybridized carbons (Fsp3) is 0.0435. The summed E-state index contributed by atoms with van der Waals surface area (Å²) in [7, 11) is 0. The minimum absolute atomic E-state index is 0.0518. The Morgan fingerprint density at radius 2 is 1.71 bits per heavy atom. The third-order valence-electron chi connectivity index (χ3n) is 4.46. The van der Waals surface area contributed by atoms with Gasteiger partial charge in [0.25, 0.3) is 11.5 Å². The summed E-state index contributed by atoms with van der Waals surface area (Å²) in [4.78, 5) is 44.4. The van der Waals surface area contributed by atoms with Gasteiger partial charge in [-0.25, -0.2) is 4.79 Å². The van der Waals surface area contributed by atoms with E-state index in [9.17, 15) is 14.4 Å². The Labute approximate surface area is 176 Å². The molecule has 154 valence electrons. The molecule has 0 atom stereocenters. The largest absolute Gasteiger partial charge is 0.455 e. The van der Waals surface area contributed by atoms with E-state index < -0.39 is 17.2 Å². The number of anilines is 1. The second-order valence-corrected chi connectivity index (χ2v) is 6.59. The Hall–Kier alpha value is -4.46. The van der Waals surface area contributed by atoms with E-state index in [1.807, 2.05) is 18.2 Å². The van der Waals surface area contributed by atoms with E-state index in [-0.39, 0.29) is 12.1 Å². The lowest BCUT2D eigenvalue weighted by molar-refractivity contribution is 0.102. The van der Waals surface area contributed by atoms with Gasteiger partial charge < -0.3 is 15.0 Å². The normalized spacial score (nSPS) is 10.5. The molecule has 0 bridgehead atoms. The lowest BCUT2D eigenvalue weighted by Crippen LogP contribution is -2.39. The number of benzene rings is 2. The fourth-order valence-corrected chi connectivity index (χ4v) is 2.94. The Bertz CT molecular complexity index is 1310. The van der Waals surface area contributed by atoms with E-state index in [0.717, 1.165) is 10.8 Å². The molecule has 0 fully saturated rings. The molecular formula is C23H18N4O4. The van der Waals surface area contributed by atoms with Gasteiger partial charge in [-0.1, -0.05) is 36.4 Å². The highest BCUT2D eigenvalue weighted by molar-refractivity contribution is 6.04. The van der Waals surface area contributed by atoms with Crippen molar-refractivity contribution >= 4 is 11.6 Å². The SMILES string of the molecule is O=C(Nc1ccccc1Oc1ccccc1)c1c[nH]c(=O)n(Cc2ccccn2)c1=O. The first-order valence-corrected chi connectivity index (χ1v) is 9.47. The lowest BCUT2D eigenvalue weighted by Gasteiger charge is -2.12. The minimum atomic E-state index is -0.714. The molecule has 8 nitrogen and oxygen atoms in total. The summed E-state index contributed by atoms with van der Waals surface area (Å²) < 4.78 is 6.77. The summed E-state index contributed by atoms with van der Waals surface area (Å²) >= 11 is 0. The smallest absolute Gasteiger partial charge is 0.328 e. The fourth-order valence-electron chi connectivity index (χ4n) is 2.94. The number of pyridine rings is 1. The Morgan fingerprint density at radius 3 is 2.48 bits per heavy atom. The number of nitrogens with one attached hydrogen (secondary N) is 2. The van der Waals surface area contributed by atoms with Gasteiger partial charge in [-0.2, -0.15) is 0 Å². The number of ether oxygens (including phenoxy) is 1. The predicted molar refractivity (Wildman–Crippen MR) is 116 cm³/mol. The molecule has 2 aromatic heterocycles. The quantitative estimate of drug-likeness (QED) is 0.504. The molecule has 0 saturated heterocycles. The van der Waals surface area contributed by atoms with E-state index in [1.54, 1.807) is 60.8 Å². The summed E-state index contributed by atoms with van der Waals surface area (Å²) in [6.45, 7) is -0.0518. The molecule has 1 amide bonds.